The Morgan fingerprint density at radius 1 is 0.667 bits per heavy atom. The van der Waals surface area contributed by atoms with Gasteiger partial charge in [-0.2, -0.15) is 0 Å². The molecule has 0 atom stereocenters. The largest absolute Gasteiger partial charge is 0.0616 e. The summed E-state index contributed by atoms with van der Waals surface area (Å²) in [7, 11) is 0. The summed E-state index contributed by atoms with van der Waals surface area (Å²) in [5.74, 6) is 1.17. The average Bonchev–Trinajstić information content (AvgIpc) is 2.67. The zero-order valence-electron chi connectivity index (χ0n) is 14.1. The molecule has 2 aromatic carbocycles. The molecule has 0 radical (unpaired) electrons. The van der Waals surface area contributed by atoms with E-state index in [2.05, 4.69) is 77.9 Å². The van der Waals surface area contributed by atoms with Gasteiger partial charge in [0.15, 0.2) is 0 Å². The molecule has 0 bridgehead atoms. The van der Waals surface area contributed by atoms with E-state index >= 15 is 0 Å². The van der Waals surface area contributed by atoms with Gasteiger partial charge in [0.05, 0.1) is 0 Å². The van der Waals surface area contributed by atoms with Crippen LogP contribution in [0.1, 0.15) is 49.9 Å². The molecular weight excluding hydrogens is 252 g/mol. The van der Waals surface area contributed by atoms with Gasteiger partial charge in [-0.1, -0.05) is 75.2 Å². The van der Waals surface area contributed by atoms with Crippen molar-refractivity contribution in [3.8, 4) is 11.1 Å². The van der Waals surface area contributed by atoms with Crippen LogP contribution in [0.2, 0.25) is 0 Å². The predicted octanol–water partition coefficient (Wildman–Crippen LogP) is 5.88. The van der Waals surface area contributed by atoms with Gasteiger partial charge in [-0.05, 0) is 47.9 Å². The second-order valence-corrected chi connectivity index (χ2v) is 7.28. The van der Waals surface area contributed by atoms with Crippen LogP contribution in [0, 0.1) is 25.7 Å². The van der Waals surface area contributed by atoms with E-state index < -0.39 is 0 Å². The monoisotopic (exact) mass is 278 g/mol. The van der Waals surface area contributed by atoms with Crippen LogP contribution in [-0.2, 0) is 5.41 Å². The first-order valence-electron chi connectivity index (χ1n) is 8.11. The van der Waals surface area contributed by atoms with Crippen LogP contribution in [0.15, 0.2) is 36.4 Å². The van der Waals surface area contributed by atoms with Crippen LogP contribution in [0.4, 0.5) is 0 Å². The first-order valence-corrected chi connectivity index (χ1v) is 8.11. The third kappa shape index (κ3) is 1.81. The molecule has 3 rings (SSSR count). The first-order chi connectivity index (χ1) is 9.88. The Morgan fingerprint density at radius 2 is 1.05 bits per heavy atom. The minimum atomic E-state index is 0.142. The minimum absolute atomic E-state index is 0.142. The summed E-state index contributed by atoms with van der Waals surface area (Å²) in [5.41, 5.74) is 8.83. The van der Waals surface area contributed by atoms with Crippen molar-refractivity contribution in [2.45, 2.75) is 47.0 Å². The maximum Gasteiger partial charge on any atom is 0.0261 e. The van der Waals surface area contributed by atoms with Crippen molar-refractivity contribution in [3.63, 3.8) is 0 Å². The number of hydrogen-bond acceptors (Lipinski definition) is 0. The lowest BCUT2D eigenvalue weighted by Gasteiger charge is -2.40. The Hall–Kier alpha value is -1.56. The van der Waals surface area contributed by atoms with Crippen molar-refractivity contribution in [2.24, 2.45) is 11.8 Å². The first kappa shape index (κ1) is 14.4. The molecule has 0 aromatic heterocycles. The fraction of sp³-hybridized carbons (Fsp3) is 0.429. The highest BCUT2D eigenvalue weighted by atomic mass is 14.5. The molecule has 0 amide bonds. The van der Waals surface area contributed by atoms with Crippen LogP contribution in [0.25, 0.3) is 11.1 Å². The maximum atomic E-state index is 2.42. The molecule has 0 heteroatoms. The Bertz CT molecular complexity index is 628. The average molecular weight is 278 g/mol. The molecule has 1 aliphatic rings. The number of fused-ring (bicyclic) bond motifs is 3. The van der Waals surface area contributed by atoms with Crippen LogP contribution in [0.3, 0.4) is 0 Å². The lowest BCUT2D eigenvalue weighted by atomic mass is 9.62. The SMILES string of the molecule is Cc1ccc2c(c1)C(C(C)C)(C(C)C)c1cc(C)ccc1-2. The fourth-order valence-electron chi connectivity index (χ4n) is 4.53. The Labute approximate surface area is 129 Å². The fourth-order valence-corrected chi connectivity index (χ4v) is 4.53. The Balaban J connectivity index is 2.44. The molecule has 21 heavy (non-hydrogen) atoms. The molecule has 0 saturated carbocycles. The highest BCUT2D eigenvalue weighted by molar-refractivity contribution is 5.82. The molecule has 0 nitrogen and oxygen atoms in total. The van der Waals surface area contributed by atoms with Crippen LogP contribution < -0.4 is 0 Å². The Kier molecular flexibility index (Phi) is 3.24. The number of rotatable bonds is 2. The quantitative estimate of drug-likeness (QED) is 0.643. The van der Waals surface area contributed by atoms with Crippen molar-refractivity contribution < 1.29 is 0 Å². The van der Waals surface area contributed by atoms with E-state index in [0.717, 1.165) is 0 Å². The standard InChI is InChI=1S/C21H26/c1-13(2)21(14(3)4)19-11-15(5)7-9-17(19)18-10-8-16(6)12-20(18)21/h7-14H,1-6H3. The molecule has 0 heterocycles. The van der Waals surface area contributed by atoms with E-state index in [9.17, 15) is 0 Å². The molecule has 0 aliphatic heterocycles. The van der Waals surface area contributed by atoms with Gasteiger partial charge >= 0.3 is 0 Å². The third-order valence-electron chi connectivity index (χ3n) is 5.35. The van der Waals surface area contributed by atoms with E-state index in [1.807, 2.05) is 0 Å². The van der Waals surface area contributed by atoms with Gasteiger partial charge in [0.25, 0.3) is 0 Å². The molecule has 0 N–H and O–H groups in total. The zero-order chi connectivity index (χ0) is 15.4. The van der Waals surface area contributed by atoms with Gasteiger partial charge in [-0.15, -0.1) is 0 Å². The Morgan fingerprint density at radius 3 is 1.38 bits per heavy atom. The summed E-state index contributed by atoms with van der Waals surface area (Å²) < 4.78 is 0. The lowest BCUT2D eigenvalue weighted by Crippen LogP contribution is -2.37. The van der Waals surface area contributed by atoms with Gasteiger partial charge in [0.1, 0.15) is 0 Å². The summed E-state index contributed by atoms with van der Waals surface area (Å²) in [6, 6.07) is 14.0. The second-order valence-electron chi connectivity index (χ2n) is 7.28. The summed E-state index contributed by atoms with van der Waals surface area (Å²) in [5, 5.41) is 0. The third-order valence-corrected chi connectivity index (χ3v) is 5.35. The van der Waals surface area contributed by atoms with Crippen molar-refractivity contribution >= 4 is 0 Å². The minimum Gasteiger partial charge on any atom is -0.0616 e. The summed E-state index contributed by atoms with van der Waals surface area (Å²) in [4.78, 5) is 0. The van der Waals surface area contributed by atoms with E-state index in [1.165, 1.54) is 33.4 Å². The van der Waals surface area contributed by atoms with Gasteiger partial charge in [-0.25, -0.2) is 0 Å². The predicted molar refractivity (Wildman–Crippen MR) is 91.8 cm³/mol. The van der Waals surface area contributed by atoms with Gasteiger partial charge < -0.3 is 0 Å². The molecule has 0 spiro atoms. The van der Waals surface area contributed by atoms with Crippen LogP contribution in [-0.4, -0.2) is 0 Å². The normalized spacial score (nSPS) is 15.4. The summed E-state index contributed by atoms with van der Waals surface area (Å²) >= 11 is 0. The van der Waals surface area contributed by atoms with Crippen LogP contribution in [0.5, 0.6) is 0 Å². The van der Waals surface area contributed by atoms with Gasteiger partial charge in [-0.3, -0.25) is 0 Å². The van der Waals surface area contributed by atoms with E-state index in [1.54, 1.807) is 0 Å². The molecule has 0 unspecified atom stereocenters. The van der Waals surface area contributed by atoms with Crippen molar-refractivity contribution in [1.29, 1.82) is 0 Å². The lowest BCUT2D eigenvalue weighted by molar-refractivity contribution is 0.280. The smallest absolute Gasteiger partial charge is 0.0261 e. The molecular formula is C21H26. The number of hydrogen-bond donors (Lipinski definition) is 0. The number of aryl methyl sites for hydroxylation is 2. The highest BCUT2D eigenvalue weighted by Crippen LogP contribution is 2.56. The summed E-state index contributed by atoms with van der Waals surface area (Å²) in [6.45, 7) is 13.9. The van der Waals surface area contributed by atoms with E-state index in [0.29, 0.717) is 11.8 Å². The van der Waals surface area contributed by atoms with Gasteiger partial charge in [0.2, 0.25) is 0 Å². The van der Waals surface area contributed by atoms with E-state index in [4.69, 9.17) is 0 Å². The summed E-state index contributed by atoms with van der Waals surface area (Å²) in [6.07, 6.45) is 0. The van der Waals surface area contributed by atoms with Crippen molar-refractivity contribution in [3.05, 3.63) is 58.7 Å². The molecule has 0 fully saturated rings. The zero-order valence-corrected chi connectivity index (χ0v) is 14.1. The molecule has 2 aromatic rings. The molecule has 1 aliphatic carbocycles. The van der Waals surface area contributed by atoms with Gasteiger partial charge in [0, 0.05) is 5.41 Å². The second kappa shape index (κ2) is 4.73. The number of benzene rings is 2. The van der Waals surface area contributed by atoms with Crippen molar-refractivity contribution in [1.82, 2.24) is 0 Å². The highest BCUT2D eigenvalue weighted by Gasteiger charge is 2.47. The maximum absolute atomic E-state index is 2.42. The topological polar surface area (TPSA) is 0 Å². The van der Waals surface area contributed by atoms with Crippen molar-refractivity contribution in [2.75, 3.05) is 0 Å². The van der Waals surface area contributed by atoms with E-state index in [-0.39, 0.29) is 5.41 Å². The molecule has 110 valence electrons. The van der Waals surface area contributed by atoms with Crippen LogP contribution >= 0.6 is 0 Å². The molecule has 0 saturated heterocycles.